The molecule has 2 aromatic rings. The van der Waals surface area contributed by atoms with E-state index in [-0.39, 0.29) is 5.56 Å². The fourth-order valence-electron chi connectivity index (χ4n) is 1.83. The molecule has 0 amide bonds. The van der Waals surface area contributed by atoms with Crippen LogP contribution in [0.2, 0.25) is 0 Å². The van der Waals surface area contributed by atoms with Crippen LogP contribution in [0.4, 0.5) is 22.0 Å². The zero-order valence-corrected chi connectivity index (χ0v) is 12.1. The van der Waals surface area contributed by atoms with E-state index < -0.39 is 16.9 Å². The van der Waals surface area contributed by atoms with Crippen LogP contribution in [0.1, 0.15) is 10.4 Å². The summed E-state index contributed by atoms with van der Waals surface area (Å²) in [6.07, 6.45) is -5.60. The summed E-state index contributed by atoms with van der Waals surface area (Å²) < 4.78 is 63.5. The lowest BCUT2D eigenvalue weighted by atomic mass is 10.0. The Balaban J connectivity index is 2.27. The number of hydrogen-bond acceptors (Lipinski definition) is 0. The third-order valence-corrected chi connectivity index (χ3v) is 4.11. The standard InChI is InChI=1S/C15H10BrF5/c16-13(14(17,18)15(19,20)21)12-8-6-11(7-9-12)10-4-2-1-3-5-10/h1-9,13H. The molecule has 0 aliphatic carbocycles. The van der Waals surface area contributed by atoms with E-state index >= 15 is 0 Å². The Hall–Kier alpha value is -1.43. The highest BCUT2D eigenvalue weighted by Gasteiger charge is 2.62. The third-order valence-electron chi connectivity index (χ3n) is 3.01. The Bertz CT molecular complexity index is 590. The minimum atomic E-state index is -5.60. The summed E-state index contributed by atoms with van der Waals surface area (Å²) in [5, 5.41) is 0. The first-order valence-electron chi connectivity index (χ1n) is 5.97. The molecule has 21 heavy (non-hydrogen) atoms. The SMILES string of the molecule is FC(F)(F)C(F)(F)C(Br)c1ccc(-c2ccccc2)cc1. The van der Waals surface area contributed by atoms with Gasteiger partial charge in [-0.05, 0) is 16.7 Å². The van der Waals surface area contributed by atoms with Crippen LogP contribution in [0.3, 0.4) is 0 Å². The molecule has 6 heteroatoms. The minimum absolute atomic E-state index is 0.128. The lowest BCUT2D eigenvalue weighted by molar-refractivity contribution is -0.281. The van der Waals surface area contributed by atoms with Crippen LogP contribution in [0.15, 0.2) is 54.6 Å². The van der Waals surface area contributed by atoms with E-state index in [9.17, 15) is 22.0 Å². The monoisotopic (exact) mass is 364 g/mol. The third kappa shape index (κ3) is 3.26. The van der Waals surface area contributed by atoms with Crippen LogP contribution >= 0.6 is 15.9 Å². The maximum absolute atomic E-state index is 13.3. The van der Waals surface area contributed by atoms with Crippen molar-refractivity contribution in [3.8, 4) is 11.1 Å². The van der Waals surface area contributed by atoms with Gasteiger partial charge >= 0.3 is 12.1 Å². The number of benzene rings is 2. The van der Waals surface area contributed by atoms with Crippen LogP contribution in [0, 0.1) is 0 Å². The van der Waals surface area contributed by atoms with Gasteiger partial charge in [0, 0.05) is 0 Å². The molecule has 0 spiro atoms. The van der Waals surface area contributed by atoms with Crippen molar-refractivity contribution in [2.45, 2.75) is 16.9 Å². The number of halogens is 6. The second-order valence-corrected chi connectivity index (χ2v) is 5.39. The second-order valence-electron chi connectivity index (χ2n) is 4.47. The molecule has 0 saturated heterocycles. The van der Waals surface area contributed by atoms with Gasteiger partial charge in [-0.3, -0.25) is 0 Å². The highest BCUT2D eigenvalue weighted by atomic mass is 79.9. The van der Waals surface area contributed by atoms with E-state index in [4.69, 9.17) is 0 Å². The van der Waals surface area contributed by atoms with Gasteiger partial charge in [-0.1, -0.05) is 70.5 Å². The van der Waals surface area contributed by atoms with Crippen molar-refractivity contribution in [2.24, 2.45) is 0 Å². The quantitative estimate of drug-likeness (QED) is 0.463. The molecule has 0 radical (unpaired) electrons. The van der Waals surface area contributed by atoms with E-state index in [0.29, 0.717) is 0 Å². The highest BCUT2D eigenvalue weighted by molar-refractivity contribution is 9.09. The smallest absolute Gasteiger partial charge is 0.195 e. The Labute approximate surface area is 126 Å². The van der Waals surface area contributed by atoms with Crippen molar-refractivity contribution in [1.82, 2.24) is 0 Å². The van der Waals surface area contributed by atoms with Crippen LogP contribution in [0.25, 0.3) is 11.1 Å². The summed E-state index contributed by atoms with van der Waals surface area (Å²) in [5.41, 5.74) is 1.48. The molecule has 0 heterocycles. The average molecular weight is 365 g/mol. The summed E-state index contributed by atoms with van der Waals surface area (Å²) >= 11 is 2.45. The zero-order valence-electron chi connectivity index (χ0n) is 10.5. The number of alkyl halides is 6. The molecule has 0 N–H and O–H groups in total. The maximum Gasteiger partial charge on any atom is 0.454 e. The van der Waals surface area contributed by atoms with Crippen molar-refractivity contribution in [2.75, 3.05) is 0 Å². The molecule has 0 aliphatic rings. The normalized spacial score (nSPS) is 14.0. The largest absolute Gasteiger partial charge is 0.454 e. The van der Waals surface area contributed by atoms with Gasteiger partial charge in [0.2, 0.25) is 0 Å². The van der Waals surface area contributed by atoms with Crippen molar-refractivity contribution >= 4 is 15.9 Å². The molecular weight excluding hydrogens is 355 g/mol. The lowest BCUT2D eigenvalue weighted by Crippen LogP contribution is -2.39. The number of hydrogen-bond donors (Lipinski definition) is 0. The molecular formula is C15H10BrF5. The minimum Gasteiger partial charge on any atom is -0.195 e. The first-order valence-corrected chi connectivity index (χ1v) is 6.89. The van der Waals surface area contributed by atoms with E-state index in [1.54, 1.807) is 0 Å². The topological polar surface area (TPSA) is 0 Å². The van der Waals surface area contributed by atoms with E-state index in [1.165, 1.54) is 24.3 Å². The van der Waals surface area contributed by atoms with Crippen LogP contribution in [-0.2, 0) is 0 Å². The first-order chi connectivity index (χ1) is 9.73. The fraction of sp³-hybridized carbons (Fsp3) is 0.200. The summed E-state index contributed by atoms with van der Waals surface area (Å²) in [6.45, 7) is 0. The van der Waals surface area contributed by atoms with Gasteiger partial charge in [0.05, 0.1) is 0 Å². The van der Waals surface area contributed by atoms with Gasteiger partial charge < -0.3 is 0 Å². The van der Waals surface area contributed by atoms with Gasteiger partial charge in [0.1, 0.15) is 4.83 Å². The zero-order chi connectivity index (χ0) is 15.7. The summed E-state index contributed by atoms with van der Waals surface area (Å²) in [5.74, 6) is -4.83. The van der Waals surface area contributed by atoms with Crippen LogP contribution < -0.4 is 0 Å². The van der Waals surface area contributed by atoms with E-state index in [2.05, 4.69) is 15.9 Å². The van der Waals surface area contributed by atoms with Crippen molar-refractivity contribution < 1.29 is 22.0 Å². The van der Waals surface area contributed by atoms with Gasteiger partial charge in [-0.25, -0.2) is 0 Å². The Morgan fingerprint density at radius 2 is 1.19 bits per heavy atom. The Morgan fingerprint density at radius 1 is 0.714 bits per heavy atom. The average Bonchev–Trinajstić information content (AvgIpc) is 2.46. The van der Waals surface area contributed by atoms with Crippen molar-refractivity contribution in [1.29, 1.82) is 0 Å². The van der Waals surface area contributed by atoms with Gasteiger partial charge in [0.15, 0.2) is 0 Å². The molecule has 0 aromatic heterocycles. The molecule has 0 fully saturated rings. The van der Waals surface area contributed by atoms with Gasteiger partial charge in [-0.15, -0.1) is 0 Å². The van der Waals surface area contributed by atoms with Crippen LogP contribution in [-0.4, -0.2) is 12.1 Å². The molecule has 0 aliphatic heterocycles. The molecule has 2 rings (SSSR count). The van der Waals surface area contributed by atoms with Crippen molar-refractivity contribution in [3.05, 3.63) is 60.2 Å². The van der Waals surface area contributed by atoms with Crippen LogP contribution in [0.5, 0.6) is 0 Å². The maximum atomic E-state index is 13.3. The lowest BCUT2D eigenvalue weighted by Gasteiger charge is -2.24. The number of rotatable bonds is 3. The van der Waals surface area contributed by atoms with Gasteiger partial charge in [-0.2, -0.15) is 22.0 Å². The molecule has 1 unspecified atom stereocenters. The molecule has 2 aromatic carbocycles. The second kappa shape index (κ2) is 5.75. The fourth-order valence-corrected chi connectivity index (χ4v) is 2.39. The Morgan fingerprint density at radius 3 is 1.67 bits per heavy atom. The van der Waals surface area contributed by atoms with E-state index in [0.717, 1.165) is 11.1 Å². The highest BCUT2D eigenvalue weighted by Crippen LogP contribution is 2.48. The molecule has 1 atom stereocenters. The predicted molar refractivity (Wildman–Crippen MR) is 74.5 cm³/mol. The predicted octanol–water partition coefficient (Wildman–Crippen LogP) is 5.99. The Kier molecular flexibility index (Phi) is 4.37. The van der Waals surface area contributed by atoms with Gasteiger partial charge in [0.25, 0.3) is 0 Å². The summed E-state index contributed by atoms with van der Waals surface area (Å²) in [4.78, 5) is -2.12. The van der Waals surface area contributed by atoms with Crippen molar-refractivity contribution in [3.63, 3.8) is 0 Å². The molecule has 112 valence electrons. The summed E-state index contributed by atoms with van der Waals surface area (Å²) in [7, 11) is 0. The van der Waals surface area contributed by atoms with E-state index in [1.807, 2.05) is 30.3 Å². The molecule has 0 saturated carbocycles. The molecule has 0 nitrogen and oxygen atoms in total. The summed E-state index contributed by atoms with van der Waals surface area (Å²) in [6, 6.07) is 14.7. The molecule has 0 bridgehead atoms. The first kappa shape index (κ1) is 15.9.